The average Bonchev–Trinajstić information content (AvgIpc) is 2.93. The Kier molecular flexibility index (Phi) is 4.92. The molecule has 0 spiro atoms. The molecule has 2 N–H and O–H groups in total. The van der Waals surface area contributed by atoms with Crippen LogP contribution in [0.15, 0.2) is 47.5 Å². The van der Waals surface area contributed by atoms with Crippen molar-refractivity contribution in [2.75, 3.05) is 6.54 Å². The van der Waals surface area contributed by atoms with Crippen LogP contribution in [0.1, 0.15) is 28.4 Å². The maximum absolute atomic E-state index is 12.7. The normalized spacial score (nSPS) is 13.3. The fourth-order valence-corrected chi connectivity index (χ4v) is 4.59. The summed E-state index contributed by atoms with van der Waals surface area (Å²) in [7, 11) is -1.79. The third-order valence-electron chi connectivity index (χ3n) is 4.83. The monoisotopic (exact) mass is 372 g/mol. The molecule has 0 saturated heterocycles. The van der Waals surface area contributed by atoms with Gasteiger partial charge in [-0.25, -0.2) is 13.1 Å². The lowest BCUT2D eigenvalue weighted by Crippen LogP contribution is -2.29. The highest BCUT2D eigenvalue weighted by Gasteiger charge is 2.21. The Balaban J connectivity index is 1.84. The molecule has 26 heavy (non-hydrogen) atoms. The summed E-state index contributed by atoms with van der Waals surface area (Å²) < 4.78 is 29.9. The summed E-state index contributed by atoms with van der Waals surface area (Å²) in [5.41, 5.74) is 4.38. The molecule has 2 aromatic carbocycles. The summed E-state index contributed by atoms with van der Waals surface area (Å²) in [5, 5.41) is 11.5. The van der Waals surface area contributed by atoms with Crippen molar-refractivity contribution in [3.63, 3.8) is 0 Å². The lowest BCUT2D eigenvalue weighted by atomic mass is 10.1. The van der Waals surface area contributed by atoms with E-state index < -0.39 is 16.1 Å². The van der Waals surface area contributed by atoms with Gasteiger partial charge in [-0.3, -0.25) is 0 Å². The van der Waals surface area contributed by atoms with Crippen molar-refractivity contribution in [1.29, 1.82) is 0 Å². The largest absolute Gasteiger partial charge is 0.387 e. The quantitative estimate of drug-likeness (QED) is 0.723. The summed E-state index contributed by atoms with van der Waals surface area (Å²) in [6.45, 7) is 5.54. The van der Waals surface area contributed by atoms with Crippen LogP contribution in [0.2, 0.25) is 0 Å². The number of hydrogen-bond acceptors (Lipinski definition) is 3. The van der Waals surface area contributed by atoms with Gasteiger partial charge in [0.1, 0.15) is 0 Å². The summed E-state index contributed by atoms with van der Waals surface area (Å²) in [4.78, 5) is 0.255. The zero-order valence-corrected chi connectivity index (χ0v) is 16.3. The number of aliphatic hydroxyl groups excluding tert-OH is 1. The van der Waals surface area contributed by atoms with Gasteiger partial charge in [-0.15, -0.1) is 0 Å². The first-order valence-electron chi connectivity index (χ1n) is 8.50. The van der Waals surface area contributed by atoms with Crippen molar-refractivity contribution >= 4 is 20.9 Å². The van der Waals surface area contributed by atoms with Gasteiger partial charge in [-0.05, 0) is 49.6 Å². The van der Waals surface area contributed by atoms with Crippen LogP contribution in [0.4, 0.5) is 0 Å². The fraction of sp³-hybridized carbons (Fsp3) is 0.300. The molecule has 1 aromatic heterocycles. The highest BCUT2D eigenvalue weighted by atomic mass is 32.2. The minimum atomic E-state index is -3.70. The summed E-state index contributed by atoms with van der Waals surface area (Å²) in [5.74, 6) is 0. The number of aliphatic hydroxyl groups is 1. The smallest absolute Gasteiger partial charge is 0.240 e. The number of rotatable bonds is 5. The van der Waals surface area contributed by atoms with Crippen LogP contribution in [0.3, 0.4) is 0 Å². The van der Waals surface area contributed by atoms with Gasteiger partial charge in [-0.2, -0.15) is 0 Å². The Morgan fingerprint density at radius 1 is 1.08 bits per heavy atom. The zero-order chi connectivity index (χ0) is 19.1. The van der Waals surface area contributed by atoms with Gasteiger partial charge >= 0.3 is 0 Å². The maximum atomic E-state index is 12.7. The number of aromatic nitrogens is 1. The molecular formula is C20H24N2O3S. The lowest BCUT2D eigenvalue weighted by molar-refractivity contribution is 0.183. The second-order valence-corrected chi connectivity index (χ2v) is 8.52. The first-order valence-corrected chi connectivity index (χ1v) is 9.98. The SMILES string of the molecule is Cc1cc(C)c(S(=O)(=O)NCC(O)c2cn(C)c3ccccc23)cc1C. The maximum Gasteiger partial charge on any atom is 0.240 e. The molecule has 0 fully saturated rings. The Labute approximate surface area is 154 Å². The van der Waals surface area contributed by atoms with Crippen molar-refractivity contribution in [3.8, 4) is 0 Å². The average molecular weight is 372 g/mol. The molecule has 6 heteroatoms. The minimum absolute atomic E-state index is 0.0806. The van der Waals surface area contributed by atoms with E-state index in [1.807, 2.05) is 62.0 Å². The van der Waals surface area contributed by atoms with E-state index in [-0.39, 0.29) is 11.4 Å². The van der Waals surface area contributed by atoms with Crippen molar-refractivity contribution < 1.29 is 13.5 Å². The van der Waals surface area contributed by atoms with E-state index in [2.05, 4.69) is 4.72 Å². The third kappa shape index (κ3) is 3.40. The standard InChI is InChI=1S/C20H24N2O3S/c1-13-9-15(3)20(10-14(13)2)26(24,25)21-11-19(23)17-12-22(4)18-8-6-5-7-16(17)18/h5-10,12,19,21,23H,11H2,1-4H3. The lowest BCUT2D eigenvalue weighted by Gasteiger charge is -2.14. The van der Waals surface area contributed by atoms with Crippen molar-refractivity contribution in [2.45, 2.75) is 31.8 Å². The number of para-hydroxylation sites is 1. The Bertz CT molecular complexity index is 1070. The topological polar surface area (TPSA) is 71.3 Å². The van der Waals surface area contributed by atoms with Crippen LogP contribution in [0.5, 0.6) is 0 Å². The molecule has 0 amide bonds. The Morgan fingerprint density at radius 3 is 2.46 bits per heavy atom. The second-order valence-electron chi connectivity index (χ2n) is 6.78. The molecule has 1 atom stereocenters. The molecule has 5 nitrogen and oxygen atoms in total. The van der Waals surface area contributed by atoms with Gasteiger partial charge in [0.2, 0.25) is 10.0 Å². The van der Waals surface area contributed by atoms with Gasteiger partial charge in [0.25, 0.3) is 0 Å². The van der Waals surface area contributed by atoms with Gasteiger partial charge in [-0.1, -0.05) is 24.3 Å². The number of aryl methyl sites for hydroxylation is 4. The van der Waals surface area contributed by atoms with E-state index in [0.717, 1.165) is 22.0 Å². The molecule has 3 aromatic rings. The number of fused-ring (bicyclic) bond motifs is 1. The molecular weight excluding hydrogens is 348 g/mol. The van der Waals surface area contributed by atoms with Crippen molar-refractivity contribution in [1.82, 2.24) is 9.29 Å². The highest BCUT2D eigenvalue weighted by molar-refractivity contribution is 7.89. The van der Waals surface area contributed by atoms with E-state index in [9.17, 15) is 13.5 Å². The van der Waals surface area contributed by atoms with Crippen molar-refractivity contribution in [3.05, 3.63) is 64.8 Å². The molecule has 138 valence electrons. The number of sulfonamides is 1. The van der Waals surface area contributed by atoms with Crippen LogP contribution >= 0.6 is 0 Å². The van der Waals surface area contributed by atoms with Gasteiger partial charge in [0.15, 0.2) is 0 Å². The minimum Gasteiger partial charge on any atom is -0.387 e. The van der Waals surface area contributed by atoms with Crippen LogP contribution in [-0.2, 0) is 17.1 Å². The molecule has 1 unspecified atom stereocenters. The van der Waals surface area contributed by atoms with Crippen LogP contribution in [0.25, 0.3) is 10.9 Å². The molecule has 0 radical (unpaired) electrons. The van der Waals surface area contributed by atoms with E-state index in [4.69, 9.17) is 0 Å². The Hall–Kier alpha value is -2.15. The number of benzene rings is 2. The third-order valence-corrected chi connectivity index (χ3v) is 6.40. The molecule has 0 aliphatic heterocycles. The zero-order valence-electron chi connectivity index (χ0n) is 15.4. The van der Waals surface area contributed by atoms with Crippen LogP contribution in [-0.4, -0.2) is 24.6 Å². The summed E-state index contributed by atoms with van der Waals surface area (Å²) >= 11 is 0. The number of hydrogen-bond donors (Lipinski definition) is 2. The molecule has 0 aliphatic rings. The number of nitrogens with zero attached hydrogens (tertiary/aromatic N) is 1. The van der Waals surface area contributed by atoms with Crippen LogP contribution < -0.4 is 4.72 Å². The molecule has 0 saturated carbocycles. The second kappa shape index (κ2) is 6.87. The highest BCUT2D eigenvalue weighted by Crippen LogP contribution is 2.26. The first-order chi connectivity index (χ1) is 12.2. The Morgan fingerprint density at radius 2 is 1.73 bits per heavy atom. The van der Waals surface area contributed by atoms with E-state index in [0.29, 0.717) is 11.1 Å². The van der Waals surface area contributed by atoms with Gasteiger partial charge in [0.05, 0.1) is 11.0 Å². The number of nitrogens with one attached hydrogen (secondary N) is 1. The molecule has 1 heterocycles. The predicted molar refractivity (Wildman–Crippen MR) is 104 cm³/mol. The molecule has 0 aliphatic carbocycles. The van der Waals surface area contributed by atoms with Crippen LogP contribution in [0, 0.1) is 20.8 Å². The van der Waals surface area contributed by atoms with Gasteiger partial charge in [0, 0.05) is 36.3 Å². The summed E-state index contributed by atoms with van der Waals surface area (Å²) in [6.07, 6.45) is 0.910. The van der Waals surface area contributed by atoms with E-state index in [1.165, 1.54) is 0 Å². The molecule has 3 rings (SSSR count). The first kappa shape index (κ1) is 18.6. The summed E-state index contributed by atoms with van der Waals surface area (Å²) in [6, 6.07) is 11.3. The van der Waals surface area contributed by atoms with E-state index in [1.54, 1.807) is 13.0 Å². The van der Waals surface area contributed by atoms with E-state index >= 15 is 0 Å². The molecule has 0 bridgehead atoms. The predicted octanol–water partition coefficient (Wildman–Crippen LogP) is 3.12. The fourth-order valence-electron chi connectivity index (χ4n) is 3.24. The van der Waals surface area contributed by atoms with Gasteiger partial charge < -0.3 is 9.67 Å². The van der Waals surface area contributed by atoms with Crippen molar-refractivity contribution in [2.24, 2.45) is 7.05 Å².